The number of hydrogen-bond donors (Lipinski definition) is 1. The van der Waals surface area contributed by atoms with E-state index >= 15 is 0 Å². The maximum atomic E-state index is 13.5. The topological polar surface area (TPSA) is 104 Å². The third-order valence-electron chi connectivity index (χ3n) is 6.08. The summed E-state index contributed by atoms with van der Waals surface area (Å²) in [7, 11) is -4.24. The Kier molecular flexibility index (Phi) is 7.49. The Labute approximate surface area is 210 Å². The maximum absolute atomic E-state index is 13.5. The van der Waals surface area contributed by atoms with E-state index in [1.807, 2.05) is 13.0 Å². The van der Waals surface area contributed by atoms with Crippen molar-refractivity contribution in [1.82, 2.24) is 15.1 Å². The van der Waals surface area contributed by atoms with E-state index in [1.54, 1.807) is 71.6 Å². The molecular weight excluding hydrogens is 478 g/mol. The minimum Gasteiger partial charge on any atom is -0.336 e. The molecular formula is C27H27N3O5S. The van der Waals surface area contributed by atoms with Crippen LogP contribution in [0.4, 0.5) is 0 Å². The number of hydrogen-bond acceptors (Lipinski definition) is 5. The lowest BCUT2D eigenvalue weighted by atomic mass is 10.1. The molecule has 8 nitrogen and oxygen atoms in total. The van der Waals surface area contributed by atoms with Gasteiger partial charge in [-0.3, -0.25) is 14.4 Å². The lowest BCUT2D eigenvalue weighted by Crippen LogP contribution is -2.57. The summed E-state index contributed by atoms with van der Waals surface area (Å²) in [4.78, 5) is 42.1. The fraction of sp³-hybridized carbons (Fsp3) is 0.222. The fourth-order valence-electron chi connectivity index (χ4n) is 3.98. The third kappa shape index (κ3) is 5.46. The third-order valence-corrected chi connectivity index (χ3v) is 7.95. The van der Waals surface area contributed by atoms with Crippen LogP contribution in [0.15, 0.2) is 89.8 Å². The van der Waals surface area contributed by atoms with Gasteiger partial charge in [0, 0.05) is 37.3 Å². The lowest BCUT2D eigenvalue weighted by molar-refractivity contribution is -0.132. The molecule has 1 aliphatic rings. The minimum atomic E-state index is -4.24. The molecule has 0 aliphatic carbocycles. The second-order valence-electron chi connectivity index (χ2n) is 8.56. The first-order chi connectivity index (χ1) is 17.3. The van der Waals surface area contributed by atoms with Gasteiger partial charge in [0.05, 0.1) is 4.90 Å². The second kappa shape index (κ2) is 10.7. The van der Waals surface area contributed by atoms with Crippen LogP contribution in [-0.4, -0.2) is 67.5 Å². The van der Waals surface area contributed by atoms with Crippen molar-refractivity contribution in [3.63, 3.8) is 0 Å². The van der Waals surface area contributed by atoms with Gasteiger partial charge >= 0.3 is 0 Å². The SMILES string of the molecule is Cc1ccc(C(=O)NC(C(=O)N2CCN(C(=O)c3ccccc3)CC2)S(=O)(=O)c2ccccc2)cc1. The van der Waals surface area contributed by atoms with Crippen molar-refractivity contribution >= 4 is 27.6 Å². The van der Waals surface area contributed by atoms with E-state index in [4.69, 9.17) is 0 Å². The molecule has 1 aliphatic heterocycles. The summed E-state index contributed by atoms with van der Waals surface area (Å²) in [5.41, 5.74) is 1.74. The number of carbonyl (C=O) groups is 3. The second-order valence-corrected chi connectivity index (χ2v) is 10.6. The smallest absolute Gasteiger partial charge is 0.261 e. The average molecular weight is 506 g/mol. The highest BCUT2D eigenvalue weighted by molar-refractivity contribution is 7.92. The van der Waals surface area contributed by atoms with Crippen LogP contribution in [0.25, 0.3) is 0 Å². The number of aryl methyl sites for hydroxylation is 1. The largest absolute Gasteiger partial charge is 0.336 e. The van der Waals surface area contributed by atoms with Gasteiger partial charge < -0.3 is 15.1 Å². The normalized spacial score (nSPS) is 14.7. The van der Waals surface area contributed by atoms with Gasteiger partial charge in [-0.25, -0.2) is 8.42 Å². The van der Waals surface area contributed by atoms with Crippen molar-refractivity contribution < 1.29 is 22.8 Å². The van der Waals surface area contributed by atoms with Gasteiger partial charge in [-0.05, 0) is 43.3 Å². The van der Waals surface area contributed by atoms with Crippen LogP contribution in [0.1, 0.15) is 26.3 Å². The first-order valence-electron chi connectivity index (χ1n) is 11.6. The quantitative estimate of drug-likeness (QED) is 0.555. The van der Waals surface area contributed by atoms with Crippen molar-refractivity contribution in [2.24, 2.45) is 0 Å². The van der Waals surface area contributed by atoms with E-state index in [9.17, 15) is 22.8 Å². The number of rotatable bonds is 6. The predicted octanol–water partition coefficient (Wildman–Crippen LogP) is 2.51. The Balaban J connectivity index is 1.54. The van der Waals surface area contributed by atoms with Crippen LogP contribution in [-0.2, 0) is 14.6 Å². The number of nitrogens with one attached hydrogen (secondary N) is 1. The average Bonchev–Trinajstić information content (AvgIpc) is 2.92. The zero-order valence-electron chi connectivity index (χ0n) is 19.8. The summed E-state index contributed by atoms with van der Waals surface area (Å²) in [6, 6.07) is 23.0. The van der Waals surface area contributed by atoms with Crippen LogP contribution in [0.2, 0.25) is 0 Å². The number of piperazine rings is 1. The molecule has 1 saturated heterocycles. The molecule has 0 bridgehead atoms. The van der Waals surface area contributed by atoms with Crippen molar-refractivity contribution in [3.8, 4) is 0 Å². The summed E-state index contributed by atoms with van der Waals surface area (Å²) in [6.45, 7) is 2.68. The number of nitrogens with zero attached hydrogens (tertiary/aromatic N) is 2. The van der Waals surface area contributed by atoms with Crippen LogP contribution >= 0.6 is 0 Å². The summed E-state index contributed by atoms with van der Waals surface area (Å²) in [6.07, 6.45) is 0. The molecule has 1 unspecified atom stereocenters. The molecule has 186 valence electrons. The van der Waals surface area contributed by atoms with Crippen LogP contribution in [0.3, 0.4) is 0 Å². The van der Waals surface area contributed by atoms with E-state index in [0.29, 0.717) is 5.56 Å². The molecule has 1 fully saturated rings. The van der Waals surface area contributed by atoms with Gasteiger partial charge in [0.2, 0.25) is 15.2 Å². The van der Waals surface area contributed by atoms with E-state index in [2.05, 4.69) is 5.32 Å². The zero-order valence-corrected chi connectivity index (χ0v) is 20.6. The monoisotopic (exact) mass is 505 g/mol. The molecule has 0 aromatic heterocycles. The Hall–Kier alpha value is -3.98. The van der Waals surface area contributed by atoms with Gasteiger partial charge in [-0.1, -0.05) is 54.1 Å². The molecule has 0 saturated carbocycles. The summed E-state index contributed by atoms with van der Waals surface area (Å²) in [5.74, 6) is -1.54. The zero-order chi connectivity index (χ0) is 25.7. The van der Waals surface area contributed by atoms with E-state index < -0.39 is 27.0 Å². The molecule has 9 heteroatoms. The lowest BCUT2D eigenvalue weighted by Gasteiger charge is -2.36. The number of benzene rings is 3. The molecule has 1 N–H and O–H groups in total. The summed E-state index contributed by atoms with van der Waals surface area (Å²) >= 11 is 0. The number of sulfone groups is 1. The first kappa shape index (κ1) is 25.1. The predicted molar refractivity (Wildman–Crippen MR) is 135 cm³/mol. The molecule has 1 heterocycles. The Morgan fingerprint density at radius 2 is 1.25 bits per heavy atom. The molecule has 1 atom stereocenters. The molecule has 3 amide bonds. The van der Waals surface area contributed by atoms with Gasteiger partial charge in [0.25, 0.3) is 17.7 Å². The molecule has 36 heavy (non-hydrogen) atoms. The highest BCUT2D eigenvalue weighted by Crippen LogP contribution is 2.19. The Bertz CT molecular complexity index is 1340. The number of carbonyl (C=O) groups excluding carboxylic acids is 3. The van der Waals surface area contributed by atoms with Crippen molar-refractivity contribution in [2.75, 3.05) is 26.2 Å². The molecule has 0 spiro atoms. The van der Waals surface area contributed by atoms with Gasteiger partial charge in [-0.2, -0.15) is 0 Å². The molecule has 3 aromatic carbocycles. The van der Waals surface area contributed by atoms with Crippen LogP contribution < -0.4 is 5.32 Å². The van der Waals surface area contributed by atoms with Gasteiger partial charge in [0.15, 0.2) is 0 Å². The van der Waals surface area contributed by atoms with Crippen molar-refractivity contribution in [1.29, 1.82) is 0 Å². The minimum absolute atomic E-state index is 0.0644. The van der Waals surface area contributed by atoms with Gasteiger partial charge in [-0.15, -0.1) is 0 Å². The fourth-order valence-corrected chi connectivity index (χ4v) is 5.47. The Morgan fingerprint density at radius 3 is 1.83 bits per heavy atom. The summed E-state index contributed by atoms with van der Waals surface area (Å²) < 4.78 is 26.9. The van der Waals surface area contributed by atoms with E-state index in [0.717, 1.165) is 5.56 Å². The first-order valence-corrected chi connectivity index (χ1v) is 13.1. The van der Waals surface area contributed by atoms with Gasteiger partial charge in [0.1, 0.15) is 0 Å². The number of amides is 3. The van der Waals surface area contributed by atoms with Crippen LogP contribution in [0.5, 0.6) is 0 Å². The van der Waals surface area contributed by atoms with Crippen molar-refractivity contribution in [2.45, 2.75) is 17.2 Å². The molecule has 4 rings (SSSR count). The van der Waals surface area contributed by atoms with E-state index in [-0.39, 0.29) is 42.5 Å². The summed E-state index contributed by atoms with van der Waals surface area (Å²) in [5, 5.41) is 0.649. The highest BCUT2D eigenvalue weighted by Gasteiger charge is 2.39. The van der Waals surface area contributed by atoms with E-state index in [1.165, 1.54) is 17.0 Å². The Morgan fingerprint density at radius 1 is 0.722 bits per heavy atom. The molecule has 3 aromatic rings. The maximum Gasteiger partial charge on any atom is 0.261 e. The van der Waals surface area contributed by atoms with Crippen molar-refractivity contribution in [3.05, 3.63) is 102 Å². The molecule has 0 radical (unpaired) electrons. The standard InChI is InChI=1S/C27H27N3O5S/c1-20-12-14-21(15-13-20)24(31)28-25(36(34,35)23-10-6-3-7-11-23)27(33)30-18-16-29(17-19-30)26(32)22-8-4-2-5-9-22/h2-15,25H,16-19H2,1H3,(H,28,31). The highest BCUT2D eigenvalue weighted by atomic mass is 32.2. The van der Waals surface area contributed by atoms with Crippen LogP contribution in [0, 0.1) is 6.92 Å².